The van der Waals surface area contributed by atoms with Crippen LogP contribution in [0.1, 0.15) is 33.1 Å². The number of hydrogen-bond acceptors (Lipinski definition) is 7. The van der Waals surface area contributed by atoms with Gasteiger partial charge < -0.3 is 15.3 Å². The van der Waals surface area contributed by atoms with Gasteiger partial charge in [0.1, 0.15) is 12.1 Å². The lowest BCUT2D eigenvalue weighted by atomic mass is 9.96. The highest BCUT2D eigenvalue weighted by molar-refractivity contribution is 5.94. The first kappa shape index (κ1) is 30.9. The molecule has 44 heavy (non-hydrogen) atoms. The summed E-state index contributed by atoms with van der Waals surface area (Å²) >= 11 is 0. The van der Waals surface area contributed by atoms with Crippen LogP contribution in [0.25, 0.3) is 28.2 Å². The van der Waals surface area contributed by atoms with E-state index in [1.54, 1.807) is 4.52 Å². The van der Waals surface area contributed by atoms with Gasteiger partial charge in [0.25, 0.3) is 0 Å². The van der Waals surface area contributed by atoms with Crippen molar-refractivity contribution in [1.29, 1.82) is 0 Å². The number of fused-ring (bicyclic) bond motifs is 1. The third kappa shape index (κ3) is 6.82. The molecule has 0 saturated carbocycles. The number of carbonyl (C=O) groups excluding carboxylic acids is 1. The summed E-state index contributed by atoms with van der Waals surface area (Å²) in [6, 6.07) is 10.1. The van der Waals surface area contributed by atoms with Crippen molar-refractivity contribution < 1.29 is 27.9 Å². The Morgan fingerprint density at radius 3 is 2.50 bits per heavy atom. The van der Waals surface area contributed by atoms with E-state index in [9.17, 15) is 18.0 Å². The Bertz CT molecular complexity index is 1570. The highest BCUT2D eigenvalue weighted by Gasteiger charge is 2.41. The number of nitrogens with one attached hydrogen (secondary N) is 2. The van der Waals surface area contributed by atoms with Gasteiger partial charge in [-0.1, -0.05) is 38.1 Å². The number of benzene rings is 1. The molecule has 2 aliphatic heterocycles. The van der Waals surface area contributed by atoms with Gasteiger partial charge in [-0.05, 0) is 55.8 Å². The molecule has 0 radical (unpaired) electrons. The Hall–Kier alpha value is -4.53. The molecule has 4 aromatic rings. The van der Waals surface area contributed by atoms with Crippen LogP contribution in [-0.4, -0.2) is 90.2 Å². The van der Waals surface area contributed by atoms with Gasteiger partial charge in [-0.3, -0.25) is 10.00 Å². The lowest BCUT2D eigenvalue weighted by Gasteiger charge is -2.25. The standard InChI is InChI=1S/C27H33N9O.C2HF3O2/c1-18(2)23-16-34(12-9-19-4-3-11-28-14-19)27(37)36(23)24-10-13-35-26(32-24)22(15-31-35)20-5-7-21(8-6-20)25-29-17-30-33-25;3-2(4,5)1(6)7/h5-8,10,13,15,17-19,23,28H,3-4,9,11-12,14,16H2,1-2H3,(H,29,30,33);(H,6,7)/t19?,23-;/m1./s1. The third-order valence-electron chi connectivity index (χ3n) is 7.92. The van der Waals surface area contributed by atoms with Gasteiger partial charge in [-0.15, -0.1) is 0 Å². The predicted octanol–water partition coefficient (Wildman–Crippen LogP) is 4.47. The van der Waals surface area contributed by atoms with E-state index >= 15 is 0 Å². The van der Waals surface area contributed by atoms with Crippen molar-refractivity contribution in [2.45, 2.75) is 45.3 Å². The van der Waals surface area contributed by atoms with Crippen molar-refractivity contribution in [2.75, 3.05) is 31.1 Å². The van der Waals surface area contributed by atoms with Gasteiger partial charge in [0.05, 0.1) is 12.2 Å². The predicted molar refractivity (Wildman–Crippen MR) is 156 cm³/mol. The topological polar surface area (TPSA) is 145 Å². The molecule has 3 aromatic heterocycles. The van der Waals surface area contributed by atoms with E-state index in [0.717, 1.165) is 60.8 Å². The second-order valence-electron chi connectivity index (χ2n) is 11.2. The largest absolute Gasteiger partial charge is 0.490 e. The average Bonchev–Trinajstić information content (AvgIpc) is 3.76. The zero-order chi connectivity index (χ0) is 31.4. The van der Waals surface area contributed by atoms with Crippen LogP contribution in [0.2, 0.25) is 0 Å². The SMILES string of the molecule is CC(C)[C@H]1CN(CCC2CCCNC2)C(=O)N1c1ccn2ncc(-c3ccc(-c4ncn[nH]4)cc3)c2n1.O=C(O)C(F)(F)F. The van der Waals surface area contributed by atoms with E-state index in [1.807, 2.05) is 52.5 Å². The number of carboxylic acids is 1. The fourth-order valence-corrected chi connectivity index (χ4v) is 5.50. The summed E-state index contributed by atoms with van der Waals surface area (Å²) in [5, 5.41) is 21.9. The van der Waals surface area contributed by atoms with Crippen molar-refractivity contribution in [2.24, 2.45) is 11.8 Å². The number of alkyl halides is 3. The Kier molecular flexibility index (Phi) is 9.13. The van der Waals surface area contributed by atoms with Gasteiger partial charge in [0, 0.05) is 30.4 Å². The summed E-state index contributed by atoms with van der Waals surface area (Å²) in [5.41, 5.74) is 3.60. The molecule has 1 aromatic carbocycles. The monoisotopic (exact) mass is 613 g/mol. The van der Waals surface area contributed by atoms with Gasteiger partial charge in [0.2, 0.25) is 0 Å². The Labute approximate surface area is 251 Å². The molecule has 3 N–H and O–H groups in total. The maximum absolute atomic E-state index is 13.6. The number of aliphatic carboxylic acids is 1. The Balaban J connectivity index is 0.000000493. The van der Waals surface area contributed by atoms with E-state index in [0.29, 0.717) is 17.7 Å². The highest BCUT2D eigenvalue weighted by atomic mass is 19.4. The summed E-state index contributed by atoms with van der Waals surface area (Å²) in [5.74, 6) is -0.391. The van der Waals surface area contributed by atoms with Crippen molar-refractivity contribution in [1.82, 2.24) is 40.0 Å². The first-order valence-electron chi connectivity index (χ1n) is 14.4. The number of urea groups is 1. The summed E-state index contributed by atoms with van der Waals surface area (Å²) in [4.78, 5) is 35.6. The number of halogens is 3. The zero-order valence-corrected chi connectivity index (χ0v) is 24.3. The highest BCUT2D eigenvalue weighted by Crippen LogP contribution is 2.31. The number of carbonyl (C=O) groups is 2. The summed E-state index contributed by atoms with van der Waals surface area (Å²) in [7, 11) is 0. The minimum Gasteiger partial charge on any atom is -0.475 e. The molecule has 15 heteroatoms. The lowest BCUT2D eigenvalue weighted by molar-refractivity contribution is -0.192. The molecule has 2 aliphatic rings. The van der Waals surface area contributed by atoms with E-state index in [4.69, 9.17) is 14.9 Å². The molecule has 0 bridgehead atoms. The Morgan fingerprint density at radius 1 is 1.16 bits per heavy atom. The average molecular weight is 614 g/mol. The lowest BCUT2D eigenvalue weighted by Crippen LogP contribution is -2.38. The fraction of sp³-hybridized carbons (Fsp3) is 0.448. The van der Waals surface area contributed by atoms with Crippen LogP contribution >= 0.6 is 0 Å². The number of hydrogen-bond donors (Lipinski definition) is 3. The van der Waals surface area contributed by atoms with E-state index in [1.165, 1.54) is 19.2 Å². The molecule has 2 atom stereocenters. The quantitative estimate of drug-likeness (QED) is 0.277. The number of aromatic amines is 1. The molecule has 2 amide bonds. The second kappa shape index (κ2) is 13.0. The minimum absolute atomic E-state index is 0.0526. The molecule has 0 aliphatic carbocycles. The van der Waals surface area contributed by atoms with E-state index in [2.05, 4.69) is 39.4 Å². The molecule has 234 valence electrons. The minimum atomic E-state index is -5.08. The van der Waals surface area contributed by atoms with Crippen LogP contribution in [0.15, 0.2) is 49.1 Å². The van der Waals surface area contributed by atoms with Crippen molar-refractivity contribution in [3.63, 3.8) is 0 Å². The number of carboxylic acid groups (broad SMARTS) is 1. The van der Waals surface area contributed by atoms with E-state index in [-0.39, 0.29) is 12.1 Å². The number of amides is 2. The number of piperidine rings is 1. The normalized spacial score (nSPS) is 19.0. The molecule has 12 nitrogen and oxygen atoms in total. The van der Waals surface area contributed by atoms with Crippen molar-refractivity contribution >= 4 is 23.5 Å². The molecule has 0 spiro atoms. The van der Waals surface area contributed by atoms with Crippen LogP contribution in [0.5, 0.6) is 0 Å². The van der Waals surface area contributed by atoms with Crippen LogP contribution < -0.4 is 10.2 Å². The van der Waals surface area contributed by atoms with Gasteiger partial charge in [-0.2, -0.15) is 23.4 Å². The number of H-pyrrole nitrogens is 1. The number of rotatable bonds is 7. The molecular formula is C29H34F3N9O3. The maximum Gasteiger partial charge on any atom is 0.490 e. The van der Waals surface area contributed by atoms with Crippen LogP contribution in [0.3, 0.4) is 0 Å². The summed E-state index contributed by atoms with van der Waals surface area (Å²) < 4.78 is 33.5. The molecular weight excluding hydrogens is 579 g/mol. The fourth-order valence-electron chi connectivity index (χ4n) is 5.50. The molecule has 2 saturated heterocycles. The van der Waals surface area contributed by atoms with Crippen molar-refractivity contribution in [3.8, 4) is 22.5 Å². The second-order valence-corrected chi connectivity index (χ2v) is 11.2. The summed E-state index contributed by atoms with van der Waals surface area (Å²) in [6.45, 7) is 8.05. The number of anilines is 1. The van der Waals surface area contributed by atoms with Gasteiger partial charge >= 0.3 is 18.2 Å². The van der Waals surface area contributed by atoms with Crippen LogP contribution in [0, 0.1) is 11.8 Å². The first-order valence-corrected chi connectivity index (χ1v) is 14.4. The van der Waals surface area contributed by atoms with Crippen LogP contribution in [-0.2, 0) is 4.79 Å². The number of aromatic nitrogens is 6. The molecule has 5 heterocycles. The number of nitrogens with zero attached hydrogens (tertiary/aromatic N) is 7. The van der Waals surface area contributed by atoms with Crippen molar-refractivity contribution in [3.05, 3.63) is 49.1 Å². The van der Waals surface area contributed by atoms with Gasteiger partial charge in [0.15, 0.2) is 11.5 Å². The first-order chi connectivity index (χ1) is 21.0. The molecule has 2 fully saturated rings. The maximum atomic E-state index is 13.6. The molecule has 1 unspecified atom stereocenters. The Morgan fingerprint density at radius 2 is 1.89 bits per heavy atom. The zero-order valence-electron chi connectivity index (χ0n) is 24.3. The van der Waals surface area contributed by atoms with Crippen LogP contribution in [0.4, 0.5) is 23.8 Å². The smallest absolute Gasteiger partial charge is 0.475 e. The molecule has 6 rings (SSSR count). The summed E-state index contributed by atoms with van der Waals surface area (Å²) in [6.07, 6.45) is 3.64. The van der Waals surface area contributed by atoms with Gasteiger partial charge in [-0.25, -0.2) is 24.1 Å². The third-order valence-corrected chi connectivity index (χ3v) is 7.92. The van der Waals surface area contributed by atoms with E-state index < -0.39 is 12.1 Å².